The zero-order valence-electron chi connectivity index (χ0n) is 18.2. The molecule has 0 saturated carbocycles. The van der Waals surface area contributed by atoms with Crippen molar-refractivity contribution in [3.8, 4) is 11.5 Å². The van der Waals surface area contributed by atoms with Gasteiger partial charge in [0.05, 0.1) is 5.69 Å². The highest BCUT2D eigenvalue weighted by Gasteiger charge is 2.13. The second-order valence-corrected chi connectivity index (χ2v) is 7.70. The first-order valence-corrected chi connectivity index (χ1v) is 10.3. The molecule has 2 aromatic heterocycles. The van der Waals surface area contributed by atoms with Gasteiger partial charge in [-0.3, -0.25) is 4.79 Å². The summed E-state index contributed by atoms with van der Waals surface area (Å²) in [5.74, 6) is 0.555. The number of nitrogens with zero attached hydrogens (tertiary/aromatic N) is 3. The van der Waals surface area contributed by atoms with Gasteiger partial charge in [-0.05, 0) is 60.5 Å². The Labute approximate surface area is 190 Å². The van der Waals surface area contributed by atoms with Crippen molar-refractivity contribution in [2.24, 2.45) is 0 Å². The first-order valence-electron chi connectivity index (χ1n) is 10.3. The van der Waals surface area contributed by atoms with Crippen molar-refractivity contribution in [1.82, 2.24) is 14.3 Å². The number of benzene rings is 2. The monoisotopic (exact) mass is 451 g/mol. The molecule has 0 saturated heterocycles. The Morgan fingerprint density at radius 2 is 1.70 bits per heavy atom. The van der Waals surface area contributed by atoms with Crippen molar-refractivity contribution in [2.75, 3.05) is 7.05 Å². The van der Waals surface area contributed by atoms with Gasteiger partial charge in [-0.15, -0.1) is 0 Å². The molecule has 2 heterocycles. The van der Waals surface area contributed by atoms with Gasteiger partial charge in [-0.25, -0.2) is 4.98 Å². The lowest BCUT2D eigenvalue weighted by Gasteiger charge is -2.18. The van der Waals surface area contributed by atoms with Crippen LogP contribution in [0.4, 0.5) is 8.78 Å². The minimum atomic E-state index is -2.87. The molecule has 6 nitrogen and oxygen atoms in total. The number of carbonyl (C=O) groups excluding carboxylic acids is 1. The molecule has 0 aliphatic carbocycles. The fourth-order valence-corrected chi connectivity index (χ4v) is 3.42. The van der Waals surface area contributed by atoms with E-state index in [0.717, 1.165) is 22.5 Å². The third kappa shape index (κ3) is 5.65. The lowest BCUT2D eigenvalue weighted by atomic mass is 10.1. The zero-order valence-corrected chi connectivity index (χ0v) is 18.2. The minimum Gasteiger partial charge on any atom is -0.487 e. The number of aryl methyl sites for hydroxylation is 1. The number of fused-ring (bicyclic) bond motifs is 1. The molecule has 4 rings (SSSR count). The summed E-state index contributed by atoms with van der Waals surface area (Å²) in [6, 6.07) is 17.1. The number of amides is 1. The quantitative estimate of drug-likeness (QED) is 0.374. The third-order valence-corrected chi connectivity index (χ3v) is 5.05. The maximum Gasteiger partial charge on any atom is 0.387 e. The van der Waals surface area contributed by atoms with Crippen molar-refractivity contribution in [1.29, 1.82) is 0 Å². The largest absolute Gasteiger partial charge is 0.487 e. The molecular formula is C25H23F2N3O3. The molecular weight excluding hydrogens is 428 g/mol. The van der Waals surface area contributed by atoms with Crippen LogP contribution in [-0.4, -0.2) is 33.9 Å². The van der Waals surface area contributed by atoms with E-state index in [4.69, 9.17) is 4.74 Å². The Kier molecular flexibility index (Phi) is 6.53. The lowest BCUT2D eigenvalue weighted by Crippen LogP contribution is -2.26. The molecule has 0 N–H and O–H groups in total. The van der Waals surface area contributed by atoms with Gasteiger partial charge >= 0.3 is 6.61 Å². The van der Waals surface area contributed by atoms with Crippen molar-refractivity contribution in [3.63, 3.8) is 0 Å². The molecule has 33 heavy (non-hydrogen) atoms. The van der Waals surface area contributed by atoms with E-state index in [1.807, 2.05) is 35.9 Å². The Balaban J connectivity index is 1.33. The standard InChI is InChI=1S/C25H23F2N3O3/c1-17-3-12-23-28-20(15-30(23)13-17)16-32-21-10-6-19(7-11-21)24(31)29(2)14-18-4-8-22(9-5-18)33-25(26)27/h3-13,15,25H,14,16H2,1-2H3. The molecule has 170 valence electrons. The highest BCUT2D eigenvalue weighted by molar-refractivity contribution is 5.94. The van der Waals surface area contributed by atoms with Gasteiger partial charge in [0.25, 0.3) is 5.91 Å². The van der Waals surface area contributed by atoms with E-state index in [-0.39, 0.29) is 11.7 Å². The summed E-state index contributed by atoms with van der Waals surface area (Å²) in [4.78, 5) is 18.8. The van der Waals surface area contributed by atoms with Gasteiger partial charge < -0.3 is 18.8 Å². The molecule has 8 heteroatoms. The predicted molar refractivity (Wildman–Crippen MR) is 120 cm³/mol. The second kappa shape index (κ2) is 9.68. The van der Waals surface area contributed by atoms with E-state index in [1.165, 1.54) is 12.1 Å². The Morgan fingerprint density at radius 1 is 1.00 bits per heavy atom. The van der Waals surface area contributed by atoms with E-state index >= 15 is 0 Å². The summed E-state index contributed by atoms with van der Waals surface area (Å²) in [6.07, 6.45) is 3.94. The number of alkyl halides is 2. The SMILES string of the molecule is Cc1ccc2nc(COc3ccc(C(=O)N(C)Cc4ccc(OC(F)F)cc4)cc3)cn2c1. The van der Waals surface area contributed by atoms with E-state index in [0.29, 0.717) is 24.5 Å². The van der Waals surface area contributed by atoms with Gasteiger partial charge in [0.1, 0.15) is 23.8 Å². The number of imidazole rings is 1. The fourth-order valence-electron chi connectivity index (χ4n) is 3.42. The number of pyridine rings is 1. The Bertz CT molecular complexity index is 1240. The Hall–Kier alpha value is -3.94. The van der Waals surface area contributed by atoms with Crippen LogP contribution < -0.4 is 9.47 Å². The number of aromatic nitrogens is 2. The summed E-state index contributed by atoms with van der Waals surface area (Å²) in [5, 5.41) is 0. The van der Waals surface area contributed by atoms with E-state index in [1.54, 1.807) is 48.3 Å². The molecule has 2 aromatic carbocycles. The number of halogens is 2. The summed E-state index contributed by atoms with van der Waals surface area (Å²) < 4.78 is 36.6. The lowest BCUT2D eigenvalue weighted by molar-refractivity contribution is -0.0498. The predicted octanol–water partition coefficient (Wildman–Crippen LogP) is 5.10. The summed E-state index contributed by atoms with van der Waals surface area (Å²) >= 11 is 0. The smallest absolute Gasteiger partial charge is 0.387 e. The number of rotatable bonds is 8. The summed E-state index contributed by atoms with van der Waals surface area (Å²) in [6.45, 7) is -0.188. The molecule has 4 aromatic rings. The molecule has 1 amide bonds. The van der Waals surface area contributed by atoms with Crippen LogP contribution in [0.5, 0.6) is 11.5 Å². The average Bonchev–Trinajstić information content (AvgIpc) is 3.20. The van der Waals surface area contributed by atoms with Crippen molar-refractivity contribution >= 4 is 11.6 Å². The van der Waals surface area contributed by atoms with Gasteiger partial charge in [0.15, 0.2) is 0 Å². The van der Waals surface area contributed by atoms with E-state index < -0.39 is 6.61 Å². The molecule has 0 fully saturated rings. The van der Waals surface area contributed by atoms with Crippen LogP contribution in [-0.2, 0) is 13.2 Å². The van der Waals surface area contributed by atoms with Gasteiger partial charge in [0.2, 0.25) is 0 Å². The van der Waals surface area contributed by atoms with Crippen LogP contribution >= 0.6 is 0 Å². The number of hydrogen-bond acceptors (Lipinski definition) is 4. The van der Waals surface area contributed by atoms with Gasteiger partial charge in [-0.1, -0.05) is 18.2 Å². The van der Waals surface area contributed by atoms with Crippen molar-refractivity contribution < 1.29 is 23.0 Å². The highest BCUT2D eigenvalue weighted by atomic mass is 19.3. The van der Waals surface area contributed by atoms with Crippen LogP contribution in [0.2, 0.25) is 0 Å². The Morgan fingerprint density at radius 3 is 2.39 bits per heavy atom. The first kappa shape index (κ1) is 22.3. The van der Waals surface area contributed by atoms with E-state index in [9.17, 15) is 13.6 Å². The van der Waals surface area contributed by atoms with Crippen LogP contribution in [0.3, 0.4) is 0 Å². The zero-order chi connectivity index (χ0) is 23.4. The minimum absolute atomic E-state index is 0.0806. The summed E-state index contributed by atoms with van der Waals surface area (Å²) in [5.41, 5.74) is 4.14. The molecule has 0 bridgehead atoms. The number of ether oxygens (including phenoxy) is 2. The van der Waals surface area contributed by atoms with Gasteiger partial charge in [-0.2, -0.15) is 8.78 Å². The maximum atomic E-state index is 12.7. The van der Waals surface area contributed by atoms with Gasteiger partial charge in [0, 0.05) is 31.5 Å². The van der Waals surface area contributed by atoms with Crippen LogP contribution in [0, 0.1) is 6.92 Å². The number of carbonyl (C=O) groups is 1. The fraction of sp³-hybridized carbons (Fsp3) is 0.200. The van der Waals surface area contributed by atoms with Crippen LogP contribution in [0.1, 0.15) is 27.2 Å². The molecule has 0 unspecified atom stereocenters. The molecule has 0 aliphatic heterocycles. The number of hydrogen-bond donors (Lipinski definition) is 0. The molecule has 0 atom stereocenters. The van der Waals surface area contributed by atoms with Crippen LogP contribution in [0.15, 0.2) is 73.1 Å². The molecule has 0 radical (unpaired) electrons. The molecule has 0 aliphatic rings. The van der Waals surface area contributed by atoms with Crippen molar-refractivity contribution in [3.05, 3.63) is 95.4 Å². The van der Waals surface area contributed by atoms with Crippen molar-refractivity contribution in [2.45, 2.75) is 26.7 Å². The molecule has 0 spiro atoms. The topological polar surface area (TPSA) is 56.1 Å². The third-order valence-electron chi connectivity index (χ3n) is 5.05. The highest BCUT2D eigenvalue weighted by Crippen LogP contribution is 2.18. The van der Waals surface area contributed by atoms with Crippen LogP contribution in [0.25, 0.3) is 5.65 Å². The normalized spacial score (nSPS) is 11.1. The first-order chi connectivity index (χ1) is 15.9. The second-order valence-electron chi connectivity index (χ2n) is 7.70. The summed E-state index contributed by atoms with van der Waals surface area (Å²) in [7, 11) is 1.68. The van der Waals surface area contributed by atoms with E-state index in [2.05, 4.69) is 9.72 Å². The average molecular weight is 451 g/mol. The maximum absolute atomic E-state index is 12.7.